The van der Waals surface area contributed by atoms with E-state index in [-0.39, 0.29) is 18.7 Å². The molecule has 1 aromatic carbocycles. The summed E-state index contributed by atoms with van der Waals surface area (Å²) in [6.45, 7) is 0.173. The van der Waals surface area contributed by atoms with Crippen LogP contribution in [-0.4, -0.2) is 17.6 Å². The van der Waals surface area contributed by atoms with Crippen molar-refractivity contribution < 1.29 is 14.3 Å². The molecule has 2 N–H and O–H groups in total. The summed E-state index contributed by atoms with van der Waals surface area (Å²) in [4.78, 5) is 10.2. The Morgan fingerprint density at radius 3 is 2.93 bits per heavy atom. The van der Waals surface area contributed by atoms with Gasteiger partial charge in [-0.1, -0.05) is 11.6 Å². The van der Waals surface area contributed by atoms with E-state index in [1.54, 1.807) is 0 Å². The van der Waals surface area contributed by atoms with Gasteiger partial charge >= 0.3 is 5.97 Å². The summed E-state index contributed by atoms with van der Waals surface area (Å²) in [7, 11) is 0. The number of carboxylic acids is 1. The number of carboxylic acid groups (broad SMARTS) is 1. The average molecular weight is 218 g/mol. The second-order valence-electron chi connectivity index (χ2n) is 2.69. The van der Waals surface area contributed by atoms with E-state index in [1.807, 2.05) is 0 Å². The van der Waals surface area contributed by atoms with Crippen LogP contribution in [0.15, 0.2) is 18.2 Å². The molecule has 0 aliphatic rings. The first-order valence-corrected chi connectivity index (χ1v) is 4.38. The second kappa shape index (κ2) is 4.81. The Morgan fingerprint density at radius 1 is 1.57 bits per heavy atom. The molecule has 0 unspecified atom stereocenters. The van der Waals surface area contributed by atoms with Crippen molar-refractivity contribution in [2.75, 3.05) is 11.9 Å². The quantitative estimate of drug-likeness (QED) is 0.814. The van der Waals surface area contributed by atoms with Crippen molar-refractivity contribution in [2.45, 2.75) is 6.42 Å². The molecule has 0 spiro atoms. The van der Waals surface area contributed by atoms with Crippen molar-refractivity contribution in [1.82, 2.24) is 0 Å². The Hall–Kier alpha value is -1.29. The Bertz CT molecular complexity index is 344. The van der Waals surface area contributed by atoms with Crippen LogP contribution in [0.4, 0.5) is 10.1 Å². The molecule has 0 saturated heterocycles. The van der Waals surface area contributed by atoms with Crippen LogP contribution in [-0.2, 0) is 4.79 Å². The van der Waals surface area contributed by atoms with Gasteiger partial charge in [0.25, 0.3) is 0 Å². The number of carbonyl (C=O) groups is 1. The highest BCUT2D eigenvalue weighted by molar-refractivity contribution is 6.30. The second-order valence-corrected chi connectivity index (χ2v) is 3.13. The average Bonchev–Trinajstić information content (AvgIpc) is 2.10. The lowest BCUT2D eigenvalue weighted by molar-refractivity contribution is -0.136. The number of hydrogen-bond acceptors (Lipinski definition) is 2. The molecule has 0 amide bonds. The minimum Gasteiger partial charge on any atom is -0.481 e. The third-order valence-corrected chi connectivity index (χ3v) is 1.82. The summed E-state index contributed by atoms with van der Waals surface area (Å²) < 4.78 is 13.0. The zero-order chi connectivity index (χ0) is 10.6. The van der Waals surface area contributed by atoms with Gasteiger partial charge in [-0.15, -0.1) is 0 Å². The summed E-state index contributed by atoms with van der Waals surface area (Å²) in [5, 5.41) is 11.4. The van der Waals surface area contributed by atoms with Crippen LogP contribution in [0.5, 0.6) is 0 Å². The number of hydrogen-bond donors (Lipinski definition) is 2. The molecule has 1 rings (SSSR count). The maximum atomic E-state index is 13.0. The summed E-state index contributed by atoms with van der Waals surface area (Å²) in [6, 6.07) is 4.07. The molecule has 5 heteroatoms. The van der Waals surface area contributed by atoms with Crippen molar-refractivity contribution in [3.63, 3.8) is 0 Å². The summed E-state index contributed by atoms with van der Waals surface area (Å²) in [6.07, 6.45) is -0.0635. The third-order valence-electron chi connectivity index (χ3n) is 1.58. The fourth-order valence-corrected chi connectivity index (χ4v) is 1.11. The minimum atomic E-state index is -0.931. The molecule has 0 heterocycles. The van der Waals surface area contributed by atoms with Gasteiger partial charge < -0.3 is 10.4 Å². The van der Waals surface area contributed by atoms with Crippen LogP contribution in [0.1, 0.15) is 6.42 Å². The molecule has 0 aliphatic heterocycles. The molecule has 0 aliphatic carbocycles. The van der Waals surface area contributed by atoms with Gasteiger partial charge in [-0.05, 0) is 18.2 Å². The molecule has 0 bridgehead atoms. The Morgan fingerprint density at radius 2 is 2.29 bits per heavy atom. The van der Waals surface area contributed by atoms with E-state index in [0.29, 0.717) is 5.02 Å². The molecule has 0 aromatic heterocycles. The topological polar surface area (TPSA) is 49.3 Å². The number of aliphatic carboxylic acids is 1. The lowest BCUT2D eigenvalue weighted by atomic mass is 10.3. The van der Waals surface area contributed by atoms with E-state index < -0.39 is 11.8 Å². The highest BCUT2D eigenvalue weighted by Crippen LogP contribution is 2.19. The first kappa shape index (κ1) is 10.8. The molecule has 1 aromatic rings. The lowest BCUT2D eigenvalue weighted by Gasteiger charge is -2.05. The highest BCUT2D eigenvalue weighted by Gasteiger charge is 2.02. The summed E-state index contributed by atoms with van der Waals surface area (Å²) in [5.41, 5.74) is 0.221. The van der Waals surface area contributed by atoms with E-state index in [1.165, 1.54) is 18.2 Å². The fourth-order valence-electron chi connectivity index (χ4n) is 0.937. The van der Waals surface area contributed by atoms with E-state index in [2.05, 4.69) is 5.32 Å². The molecular formula is C9H9ClFNO2. The third kappa shape index (κ3) is 3.22. The smallest absolute Gasteiger partial charge is 0.305 e. The molecular weight excluding hydrogens is 209 g/mol. The van der Waals surface area contributed by atoms with Crippen molar-refractivity contribution in [3.8, 4) is 0 Å². The number of benzene rings is 1. The summed E-state index contributed by atoms with van der Waals surface area (Å²) >= 11 is 5.64. The number of rotatable bonds is 4. The van der Waals surface area contributed by atoms with Crippen LogP contribution in [0.2, 0.25) is 5.02 Å². The number of anilines is 1. The van der Waals surface area contributed by atoms with Crippen LogP contribution in [0.25, 0.3) is 0 Å². The van der Waals surface area contributed by atoms with E-state index >= 15 is 0 Å². The van der Waals surface area contributed by atoms with Crippen LogP contribution >= 0.6 is 11.6 Å². The predicted octanol–water partition coefficient (Wildman–Crippen LogP) is 2.37. The van der Waals surface area contributed by atoms with Crippen molar-refractivity contribution >= 4 is 23.3 Å². The SMILES string of the molecule is O=C(O)CCNc1cc(Cl)ccc1F. The van der Waals surface area contributed by atoms with Gasteiger partial charge in [0.2, 0.25) is 0 Å². The molecule has 0 atom stereocenters. The molecule has 3 nitrogen and oxygen atoms in total. The first-order chi connectivity index (χ1) is 6.59. The highest BCUT2D eigenvalue weighted by atomic mass is 35.5. The van der Waals surface area contributed by atoms with Crippen LogP contribution in [0.3, 0.4) is 0 Å². The number of nitrogens with one attached hydrogen (secondary N) is 1. The predicted molar refractivity (Wildman–Crippen MR) is 52.2 cm³/mol. The van der Waals surface area contributed by atoms with Gasteiger partial charge in [-0.3, -0.25) is 4.79 Å². The van der Waals surface area contributed by atoms with Gasteiger partial charge in [-0.2, -0.15) is 0 Å². The first-order valence-electron chi connectivity index (χ1n) is 4.00. The lowest BCUT2D eigenvalue weighted by Crippen LogP contribution is -2.08. The molecule has 14 heavy (non-hydrogen) atoms. The van der Waals surface area contributed by atoms with E-state index in [0.717, 1.165) is 0 Å². The van der Waals surface area contributed by atoms with Gasteiger partial charge in [0.05, 0.1) is 12.1 Å². The van der Waals surface area contributed by atoms with Gasteiger partial charge in [0, 0.05) is 11.6 Å². The molecule has 76 valence electrons. The Kier molecular flexibility index (Phi) is 3.71. The van der Waals surface area contributed by atoms with E-state index in [9.17, 15) is 9.18 Å². The van der Waals surface area contributed by atoms with Gasteiger partial charge in [0.15, 0.2) is 0 Å². The molecule has 0 fully saturated rings. The maximum Gasteiger partial charge on any atom is 0.305 e. The van der Waals surface area contributed by atoms with Crippen LogP contribution < -0.4 is 5.32 Å². The number of halogens is 2. The van der Waals surface area contributed by atoms with Gasteiger partial charge in [0.1, 0.15) is 5.82 Å². The van der Waals surface area contributed by atoms with Crippen LogP contribution in [0, 0.1) is 5.82 Å². The van der Waals surface area contributed by atoms with Crippen molar-refractivity contribution in [3.05, 3.63) is 29.0 Å². The monoisotopic (exact) mass is 217 g/mol. The standard InChI is InChI=1S/C9H9ClFNO2/c10-6-1-2-7(11)8(5-6)12-4-3-9(13)14/h1-2,5,12H,3-4H2,(H,13,14). The maximum absolute atomic E-state index is 13.0. The largest absolute Gasteiger partial charge is 0.481 e. The Balaban J connectivity index is 2.57. The summed E-state index contributed by atoms with van der Waals surface area (Å²) in [5.74, 6) is -1.38. The van der Waals surface area contributed by atoms with Crippen molar-refractivity contribution in [1.29, 1.82) is 0 Å². The molecule has 0 radical (unpaired) electrons. The zero-order valence-corrected chi connectivity index (χ0v) is 8.01. The minimum absolute atomic E-state index is 0.0635. The normalized spacial score (nSPS) is 9.86. The van der Waals surface area contributed by atoms with E-state index in [4.69, 9.17) is 16.7 Å². The Labute approximate surface area is 85.5 Å². The molecule has 0 saturated carbocycles. The zero-order valence-electron chi connectivity index (χ0n) is 7.26. The fraction of sp³-hybridized carbons (Fsp3) is 0.222. The van der Waals surface area contributed by atoms with Gasteiger partial charge in [-0.25, -0.2) is 4.39 Å². The van der Waals surface area contributed by atoms with Crippen molar-refractivity contribution in [2.24, 2.45) is 0 Å².